The summed E-state index contributed by atoms with van der Waals surface area (Å²) in [5.41, 5.74) is 1.36. The Morgan fingerprint density at radius 1 is 1.35 bits per heavy atom. The van der Waals surface area contributed by atoms with Crippen LogP contribution < -0.4 is 0 Å². The highest BCUT2D eigenvalue weighted by Gasteiger charge is 2.33. The first kappa shape index (κ1) is 18.0. The summed E-state index contributed by atoms with van der Waals surface area (Å²) in [4.78, 5) is 17.2. The van der Waals surface area contributed by atoms with Crippen molar-refractivity contribution in [3.8, 4) is 0 Å². The molecule has 0 unspecified atom stereocenters. The summed E-state index contributed by atoms with van der Waals surface area (Å²) in [5.74, 6) is -1.19. The lowest BCUT2D eigenvalue weighted by atomic mass is 10.2. The van der Waals surface area contributed by atoms with Crippen LogP contribution in [0.2, 0.25) is 0 Å². The molecule has 7 heteroatoms. The predicted octanol–water partition coefficient (Wildman–Crippen LogP) is 4.36. The number of hydrogen-bond donors (Lipinski definition) is 1. The van der Waals surface area contributed by atoms with Crippen LogP contribution in [0.25, 0.3) is 6.08 Å². The first-order valence-electron chi connectivity index (χ1n) is 7.96. The van der Waals surface area contributed by atoms with Crippen molar-refractivity contribution in [1.82, 2.24) is 4.57 Å². The number of halogens is 1. The molecular weight excluding hydrogens is 355 g/mol. The lowest BCUT2D eigenvalue weighted by molar-refractivity contribution is -0.138. The Bertz CT molecular complexity index is 927. The highest BCUT2D eigenvalue weighted by molar-refractivity contribution is 8.18. The zero-order valence-corrected chi connectivity index (χ0v) is 15.1. The molecule has 0 bridgehead atoms. The maximum atomic E-state index is 13.1. The zero-order chi connectivity index (χ0) is 18.7. The number of aryl methyl sites for hydroxylation is 1. The van der Waals surface area contributed by atoms with Crippen molar-refractivity contribution in [2.24, 2.45) is 12.0 Å². The summed E-state index contributed by atoms with van der Waals surface area (Å²) in [5, 5.41) is 10.9. The van der Waals surface area contributed by atoms with E-state index in [1.807, 2.05) is 29.9 Å². The quantitative estimate of drug-likeness (QED) is 0.810. The molecule has 0 saturated heterocycles. The van der Waals surface area contributed by atoms with Crippen LogP contribution in [0.15, 0.2) is 63.8 Å². The molecule has 3 rings (SSSR count). The minimum absolute atomic E-state index is 0.0154. The van der Waals surface area contributed by atoms with Crippen LogP contribution in [-0.2, 0) is 16.6 Å². The van der Waals surface area contributed by atoms with E-state index in [0.717, 1.165) is 5.69 Å². The average molecular weight is 372 g/mol. The first-order valence-corrected chi connectivity index (χ1v) is 8.77. The number of benzene rings is 1. The van der Waals surface area contributed by atoms with Gasteiger partial charge in [0, 0.05) is 18.9 Å². The van der Waals surface area contributed by atoms with E-state index in [-0.39, 0.29) is 23.8 Å². The third-order valence-corrected chi connectivity index (χ3v) is 4.71. The van der Waals surface area contributed by atoms with E-state index in [1.165, 1.54) is 36.0 Å². The van der Waals surface area contributed by atoms with E-state index in [2.05, 4.69) is 4.99 Å². The average Bonchev–Trinajstić information content (AvgIpc) is 3.14. The van der Waals surface area contributed by atoms with E-state index >= 15 is 0 Å². The maximum absolute atomic E-state index is 13.1. The Labute approximate surface area is 154 Å². The summed E-state index contributed by atoms with van der Waals surface area (Å²) in [7, 11) is 1.88. The van der Waals surface area contributed by atoms with Crippen molar-refractivity contribution in [2.45, 2.75) is 6.92 Å². The number of esters is 1. The summed E-state index contributed by atoms with van der Waals surface area (Å²) in [6.07, 6.45) is 3.65. The number of aromatic nitrogens is 1. The van der Waals surface area contributed by atoms with E-state index in [1.54, 1.807) is 13.0 Å². The molecule has 134 valence electrons. The van der Waals surface area contributed by atoms with Gasteiger partial charge in [0.2, 0.25) is 0 Å². The molecular formula is C19H17FN2O3S. The van der Waals surface area contributed by atoms with Gasteiger partial charge in [-0.05, 0) is 49.4 Å². The van der Waals surface area contributed by atoms with Gasteiger partial charge in [0.25, 0.3) is 0 Å². The Morgan fingerprint density at radius 2 is 2.08 bits per heavy atom. The number of nitrogens with zero attached hydrogens (tertiary/aromatic N) is 2. The second-order valence-electron chi connectivity index (χ2n) is 5.49. The SMILES string of the molecule is CCOC(=O)C1=C(O)C(=Cc2cccn2C)SC1=Nc1ccc(F)cc1. The minimum Gasteiger partial charge on any atom is -0.506 e. The number of carbonyl (C=O) groups is 1. The largest absolute Gasteiger partial charge is 0.506 e. The Morgan fingerprint density at radius 3 is 2.69 bits per heavy atom. The van der Waals surface area contributed by atoms with Crippen molar-refractivity contribution in [3.63, 3.8) is 0 Å². The number of aliphatic imine (C=N–C) groups is 1. The van der Waals surface area contributed by atoms with E-state index in [4.69, 9.17) is 4.74 Å². The highest BCUT2D eigenvalue weighted by atomic mass is 32.2. The summed E-state index contributed by atoms with van der Waals surface area (Å²) >= 11 is 1.17. The highest BCUT2D eigenvalue weighted by Crippen LogP contribution is 2.40. The number of hydrogen-bond acceptors (Lipinski definition) is 5. The third kappa shape index (κ3) is 3.72. The van der Waals surface area contributed by atoms with Gasteiger partial charge >= 0.3 is 5.97 Å². The molecule has 2 aromatic rings. The molecule has 1 aliphatic heterocycles. The minimum atomic E-state index is -0.645. The summed E-state index contributed by atoms with van der Waals surface area (Å²) < 4.78 is 20.0. The lowest BCUT2D eigenvalue weighted by Crippen LogP contribution is -2.12. The fourth-order valence-corrected chi connectivity index (χ4v) is 3.40. The summed E-state index contributed by atoms with van der Waals surface area (Å²) in [6.45, 7) is 1.87. The van der Waals surface area contributed by atoms with Crippen LogP contribution >= 0.6 is 11.8 Å². The van der Waals surface area contributed by atoms with E-state index < -0.39 is 5.97 Å². The molecule has 5 nitrogen and oxygen atoms in total. The molecule has 2 heterocycles. The van der Waals surface area contributed by atoms with Crippen molar-refractivity contribution in [2.75, 3.05) is 6.61 Å². The van der Waals surface area contributed by atoms with Gasteiger partial charge in [-0.2, -0.15) is 0 Å². The van der Waals surface area contributed by atoms with Crippen molar-refractivity contribution in [3.05, 3.63) is 70.3 Å². The van der Waals surface area contributed by atoms with Crippen LogP contribution in [0.3, 0.4) is 0 Å². The molecule has 1 aromatic carbocycles. The Kier molecular flexibility index (Phi) is 5.27. The van der Waals surface area contributed by atoms with E-state index in [0.29, 0.717) is 15.6 Å². The second kappa shape index (κ2) is 7.61. The fourth-order valence-electron chi connectivity index (χ4n) is 2.38. The lowest BCUT2D eigenvalue weighted by Gasteiger charge is -2.03. The monoisotopic (exact) mass is 372 g/mol. The third-order valence-electron chi connectivity index (χ3n) is 3.69. The smallest absolute Gasteiger partial charge is 0.344 e. The van der Waals surface area contributed by atoms with Gasteiger partial charge in [-0.3, -0.25) is 0 Å². The van der Waals surface area contributed by atoms with Crippen molar-refractivity contribution < 1.29 is 19.0 Å². The number of aliphatic hydroxyl groups is 1. The van der Waals surface area contributed by atoms with Crippen molar-refractivity contribution in [1.29, 1.82) is 0 Å². The number of aliphatic hydroxyl groups excluding tert-OH is 1. The molecule has 0 spiro atoms. The van der Waals surface area contributed by atoms with Crippen LogP contribution in [0.4, 0.5) is 10.1 Å². The number of carbonyl (C=O) groups excluding carboxylic acids is 1. The van der Waals surface area contributed by atoms with Gasteiger partial charge in [-0.15, -0.1) is 0 Å². The van der Waals surface area contributed by atoms with Crippen LogP contribution in [0.5, 0.6) is 0 Å². The second-order valence-corrected chi connectivity index (χ2v) is 6.52. The van der Waals surface area contributed by atoms with Gasteiger partial charge in [0.05, 0.1) is 17.2 Å². The molecule has 1 aromatic heterocycles. The summed E-state index contributed by atoms with van der Waals surface area (Å²) in [6, 6.07) is 9.34. The molecule has 0 saturated carbocycles. The molecule has 26 heavy (non-hydrogen) atoms. The molecule has 0 aliphatic carbocycles. The standard InChI is InChI=1S/C19H17FN2O3S/c1-3-25-19(24)16-17(23)15(11-14-5-4-10-22(14)2)26-18(16)21-13-8-6-12(20)7-9-13/h4-11,23H,3H2,1-2H3. The normalized spacial score (nSPS) is 17.3. The molecule has 1 N–H and O–H groups in total. The van der Waals surface area contributed by atoms with Crippen LogP contribution in [-0.4, -0.2) is 27.3 Å². The van der Waals surface area contributed by atoms with Gasteiger partial charge in [-0.1, -0.05) is 11.8 Å². The molecule has 0 radical (unpaired) electrons. The topological polar surface area (TPSA) is 63.8 Å². The molecule has 0 fully saturated rings. The van der Waals surface area contributed by atoms with Gasteiger partial charge in [0.1, 0.15) is 22.2 Å². The van der Waals surface area contributed by atoms with Gasteiger partial charge in [-0.25, -0.2) is 14.2 Å². The van der Waals surface area contributed by atoms with E-state index in [9.17, 15) is 14.3 Å². The number of thioether (sulfide) groups is 1. The van der Waals surface area contributed by atoms with Crippen molar-refractivity contribution >= 4 is 34.5 Å². The van der Waals surface area contributed by atoms with Gasteiger partial charge in [0.15, 0.2) is 0 Å². The van der Waals surface area contributed by atoms with Gasteiger partial charge < -0.3 is 14.4 Å². The molecule has 1 aliphatic rings. The fraction of sp³-hybridized carbons (Fsp3) is 0.158. The number of rotatable bonds is 4. The van der Waals surface area contributed by atoms with Crippen LogP contribution in [0.1, 0.15) is 12.6 Å². The maximum Gasteiger partial charge on any atom is 0.344 e. The predicted molar refractivity (Wildman–Crippen MR) is 101 cm³/mol. The molecule has 0 atom stereocenters. The Balaban J connectivity index is 2.04. The number of ether oxygens (including phenoxy) is 1. The molecule has 0 amide bonds. The Hall–Kier alpha value is -2.80. The zero-order valence-electron chi connectivity index (χ0n) is 14.3. The van der Waals surface area contributed by atoms with Crippen LogP contribution in [0, 0.1) is 5.82 Å². The first-order chi connectivity index (χ1) is 12.5.